The molecule has 2 aromatic carbocycles. The van der Waals surface area contributed by atoms with Crippen molar-refractivity contribution in [3.8, 4) is 11.5 Å². The van der Waals surface area contributed by atoms with Crippen LogP contribution < -0.4 is 10.1 Å². The van der Waals surface area contributed by atoms with Crippen LogP contribution in [-0.4, -0.2) is 7.05 Å². The second kappa shape index (κ2) is 5.85. The van der Waals surface area contributed by atoms with Crippen molar-refractivity contribution in [2.45, 2.75) is 6.54 Å². The highest BCUT2D eigenvalue weighted by Crippen LogP contribution is 2.30. The molecule has 0 fully saturated rings. The zero-order chi connectivity index (χ0) is 13.0. The number of para-hydroxylation sites is 1. The zero-order valence-electron chi connectivity index (χ0n) is 9.91. The van der Waals surface area contributed by atoms with Gasteiger partial charge in [0.2, 0.25) is 0 Å². The number of nitrogens with one attached hydrogen (secondary N) is 1. The summed E-state index contributed by atoms with van der Waals surface area (Å²) in [6, 6.07) is 12.2. The maximum Gasteiger partial charge on any atom is 0.184 e. The van der Waals surface area contributed by atoms with E-state index in [1.807, 2.05) is 25.2 Å². The Morgan fingerprint density at radius 3 is 2.61 bits per heavy atom. The molecule has 0 atom stereocenters. The smallest absolute Gasteiger partial charge is 0.184 e. The number of ether oxygens (including phenoxy) is 1. The Labute approximate surface area is 110 Å². The van der Waals surface area contributed by atoms with Gasteiger partial charge in [0, 0.05) is 12.1 Å². The summed E-state index contributed by atoms with van der Waals surface area (Å²) in [6.07, 6.45) is 0. The number of rotatable bonds is 4. The highest BCUT2D eigenvalue weighted by molar-refractivity contribution is 6.30. The summed E-state index contributed by atoms with van der Waals surface area (Å²) in [7, 11) is 1.84. The van der Waals surface area contributed by atoms with E-state index < -0.39 is 5.82 Å². The van der Waals surface area contributed by atoms with Crippen molar-refractivity contribution in [1.82, 2.24) is 5.32 Å². The van der Waals surface area contributed by atoms with Crippen LogP contribution in [0.25, 0.3) is 0 Å². The molecule has 0 spiro atoms. The lowest BCUT2D eigenvalue weighted by atomic mass is 10.2. The van der Waals surface area contributed by atoms with E-state index in [9.17, 15) is 4.39 Å². The van der Waals surface area contributed by atoms with Crippen LogP contribution >= 0.6 is 11.6 Å². The second-order valence-corrected chi connectivity index (χ2v) is 4.20. The van der Waals surface area contributed by atoms with Gasteiger partial charge in [-0.2, -0.15) is 0 Å². The molecule has 4 heteroatoms. The summed E-state index contributed by atoms with van der Waals surface area (Å²) in [5, 5.41) is 3.09. The third kappa shape index (κ3) is 2.81. The summed E-state index contributed by atoms with van der Waals surface area (Å²) >= 11 is 5.71. The average molecular weight is 266 g/mol. The molecule has 0 saturated heterocycles. The molecule has 0 heterocycles. The molecule has 0 radical (unpaired) electrons. The van der Waals surface area contributed by atoms with Crippen LogP contribution in [-0.2, 0) is 6.54 Å². The molecule has 0 unspecified atom stereocenters. The standard InChI is InChI=1S/C14H13ClFNO/c1-17-9-10-5-2-3-7-12(10)18-13-8-4-6-11(15)14(13)16/h2-8,17H,9H2,1H3. The van der Waals surface area contributed by atoms with Gasteiger partial charge in [0.25, 0.3) is 0 Å². The molecular formula is C14H13ClFNO. The molecule has 0 aliphatic carbocycles. The van der Waals surface area contributed by atoms with Crippen molar-refractivity contribution in [2.75, 3.05) is 7.05 Å². The Balaban J connectivity index is 2.31. The SMILES string of the molecule is CNCc1ccccc1Oc1cccc(Cl)c1F. The Bertz CT molecular complexity index is 545. The minimum Gasteiger partial charge on any atom is -0.454 e. The fourth-order valence-electron chi connectivity index (χ4n) is 1.62. The zero-order valence-corrected chi connectivity index (χ0v) is 10.7. The topological polar surface area (TPSA) is 21.3 Å². The lowest BCUT2D eigenvalue weighted by molar-refractivity contribution is 0.437. The summed E-state index contributed by atoms with van der Waals surface area (Å²) in [5.41, 5.74) is 0.958. The molecule has 0 amide bonds. The van der Waals surface area contributed by atoms with Gasteiger partial charge >= 0.3 is 0 Å². The van der Waals surface area contributed by atoms with Crippen molar-refractivity contribution in [3.63, 3.8) is 0 Å². The quantitative estimate of drug-likeness (QED) is 0.902. The van der Waals surface area contributed by atoms with Gasteiger partial charge in [0.05, 0.1) is 5.02 Å². The van der Waals surface area contributed by atoms with Gasteiger partial charge < -0.3 is 10.1 Å². The van der Waals surface area contributed by atoms with Crippen LogP contribution in [0.15, 0.2) is 42.5 Å². The van der Waals surface area contributed by atoms with Crippen LogP contribution in [0.2, 0.25) is 5.02 Å². The lowest BCUT2D eigenvalue weighted by Gasteiger charge is -2.11. The van der Waals surface area contributed by atoms with Gasteiger partial charge in [-0.05, 0) is 25.2 Å². The first kappa shape index (κ1) is 12.9. The van der Waals surface area contributed by atoms with Crippen molar-refractivity contribution < 1.29 is 9.13 Å². The molecule has 0 aromatic heterocycles. The van der Waals surface area contributed by atoms with Crippen LogP contribution in [0, 0.1) is 5.82 Å². The van der Waals surface area contributed by atoms with E-state index in [0.717, 1.165) is 5.56 Å². The molecule has 0 bridgehead atoms. The van der Waals surface area contributed by atoms with Crippen molar-refractivity contribution in [2.24, 2.45) is 0 Å². The minimum absolute atomic E-state index is 0.0543. The van der Waals surface area contributed by atoms with Crippen molar-refractivity contribution in [1.29, 1.82) is 0 Å². The molecule has 0 aliphatic heterocycles. The van der Waals surface area contributed by atoms with Crippen molar-refractivity contribution >= 4 is 11.6 Å². The van der Waals surface area contributed by atoms with Crippen molar-refractivity contribution in [3.05, 3.63) is 58.9 Å². The van der Waals surface area contributed by atoms with Gasteiger partial charge in [0.1, 0.15) is 5.75 Å². The summed E-state index contributed by atoms with van der Waals surface area (Å²) in [6.45, 7) is 0.651. The Hall–Kier alpha value is -1.58. The average Bonchev–Trinajstić information content (AvgIpc) is 2.37. The number of hydrogen-bond acceptors (Lipinski definition) is 2. The Morgan fingerprint density at radius 1 is 1.11 bits per heavy atom. The van der Waals surface area contributed by atoms with E-state index in [4.69, 9.17) is 16.3 Å². The van der Waals surface area contributed by atoms with Gasteiger partial charge in [-0.15, -0.1) is 0 Å². The summed E-state index contributed by atoms with van der Waals surface area (Å²) < 4.78 is 19.3. The molecule has 2 aromatic rings. The second-order valence-electron chi connectivity index (χ2n) is 3.79. The van der Waals surface area contributed by atoms with Crippen LogP contribution in [0.3, 0.4) is 0 Å². The first-order chi connectivity index (χ1) is 8.72. The Morgan fingerprint density at radius 2 is 1.83 bits per heavy atom. The number of hydrogen-bond donors (Lipinski definition) is 1. The third-order valence-corrected chi connectivity index (χ3v) is 2.77. The van der Waals surface area contributed by atoms with E-state index in [1.54, 1.807) is 18.2 Å². The maximum atomic E-state index is 13.7. The molecular weight excluding hydrogens is 253 g/mol. The van der Waals surface area contributed by atoms with E-state index >= 15 is 0 Å². The summed E-state index contributed by atoms with van der Waals surface area (Å²) in [5.74, 6) is 0.206. The monoisotopic (exact) mass is 265 g/mol. The highest BCUT2D eigenvalue weighted by atomic mass is 35.5. The molecule has 94 valence electrons. The first-order valence-electron chi connectivity index (χ1n) is 5.56. The number of halogens is 2. The molecule has 0 saturated carbocycles. The maximum absolute atomic E-state index is 13.7. The minimum atomic E-state index is -0.543. The predicted molar refractivity (Wildman–Crippen MR) is 70.7 cm³/mol. The molecule has 2 rings (SSSR count). The molecule has 0 aliphatic rings. The third-order valence-electron chi connectivity index (χ3n) is 2.48. The summed E-state index contributed by atoms with van der Waals surface area (Å²) in [4.78, 5) is 0. The lowest BCUT2D eigenvalue weighted by Crippen LogP contribution is -2.06. The van der Waals surface area contributed by atoms with Crippen LogP contribution in [0.1, 0.15) is 5.56 Å². The van der Waals surface area contributed by atoms with Gasteiger partial charge in [0.15, 0.2) is 11.6 Å². The number of benzene rings is 2. The van der Waals surface area contributed by atoms with E-state index in [1.165, 1.54) is 6.07 Å². The predicted octanol–water partition coefficient (Wildman–Crippen LogP) is 3.99. The fourth-order valence-corrected chi connectivity index (χ4v) is 1.79. The Kier molecular flexibility index (Phi) is 4.18. The van der Waals surface area contributed by atoms with E-state index in [-0.39, 0.29) is 10.8 Å². The van der Waals surface area contributed by atoms with Gasteiger partial charge in [-0.3, -0.25) is 0 Å². The molecule has 1 N–H and O–H groups in total. The van der Waals surface area contributed by atoms with E-state index in [2.05, 4.69) is 5.32 Å². The molecule has 18 heavy (non-hydrogen) atoms. The largest absolute Gasteiger partial charge is 0.454 e. The van der Waals surface area contributed by atoms with Gasteiger partial charge in [-0.1, -0.05) is 35.9 Å². The van der Waals surface area contributed by atoms with Gasteiger partial charge in [-0.25, -0.2) is 4.39 Å². The fraction of sp³-hybridized carbons (Fsp3) is 0.143. The van der Waals surface area contributed by atoms with Crippen LogP contribution in [0.4, 0.5) is 4.39 Å². The normalized spacial score (nSPS) is 10.4. The highest BCUT2D eigenvalue weighted by Gasteiger charge is 2.10. The van der Waals surface area contributed by atoms with Crippen LogP contribution in [0.5, 0.6) is 11.5 Å². The first-order valence-corrected chi connectivity index (χ1v) is 5.94. The molecule has 2 nitrogen and oxygen atoms in total. The van der Waals surface area contributed by atoms with E-state index in [0.29, 0.717) is 12.3 Å².